The van der Waals surface area contributed by atoms with Crippen LogP contribution in [0.25, 0.3) is 0 Å². The van der Waals surface area contributed by atoms with Crippen LogP contribution in [0.15, 0.2) is 0 Å². The van der Waals surface area contributed by atoms with Crippen LogP contribution in [-0.4, -0.2) is 83.8 Å². The van der Waals surface area contributed by atoms with Gasteiger partial charge in [0.25, 0.3) is 0 Å². The quantitative estimate of drug-likeness (QED) is 0.620. The number of rotatable bonds is 0. The Morgan fingerprint density at radius 1 is 0.682 bits per heavy atom. The smallest absolute Gasteiger partial charge is 0.321 e. The summed E-state index contributed by atoms with van der Waals surface area (Å²) in [6.07, 6.45) is 0. The van der Waals surface area contributed by atoms with Crippen molar-refractivity contribution >= 4 is 23.9 Å². The Labute approximate surface area is 128 Å². The number of fused-ring (bicyclic) bond motifs is 4. The number of imide groups is 2. The van der Waals surface area contributed by atoms with Gasteiger partial charge in [-0.05, 0) is 13.8 Å². The van der Waals surface area contributed by atoms with E-state index in [-0.39, 0.29) is 11.8 Å². The monoisotopic (exact) mass is 308 g/mol. The predicted molar refractivity (Wildman–Crippen MR) is 75.6 cm³/mol. The van der Waals surface area contributed by atoms with Crippen molar-refractivity contribution < 1.29 is 19.2 Å². The van der Waals surface area contributed by atoms with Crippen LogP contribution in [-0.2, 0) is 9.59 Å². The molecule has 8 nitrogen and oxygen atoms in total. The average Bonchev–Trinajstić information content (AvgIpc) is 2.50. The van der Waals surface area contributed by atoms with Gasteiger partial charge in [-0.1, -0.05) is 0 Å². The Balaban J connectivity index is 2.19. The first-order valence-electron chi connectivity index (χ1n) is 7.12. The molecule has 2 heterocycles. The van der Waals surface area contributed by atoms with E-state index in [1.807, 2.05) is 0 Å². The first-order valence-corrected chi connectivity index (χ1v) is 7.12. The summed E-state index contributed by atoms with van der Waals surface area (Å²) in [6, 6.07) is -1.83. The van der Waals surface area contributed by atoms with E-state index in [0.29, 0.717) is 0 Å². The van der Waals surface area contributed by atoms with E-state index in [0.717, 1.165) is 9.80 Å². The van der Waals surface area contributed by atoms with Crippen LogP contribution < -0.4 is 0 Å². The lowest BCUT2D eigenvalue weighted by atomic mass is 9.42. The number of nitrogens with zero attached hydrogens (tertiary/aromatic N) is 4. The van der Waals surface area contributed by atoms with Crippen molar-refractivity contribution in [2.75, 3.05) is 28.2 Å². The topological polar surface area (TPSA) is 81.2 Å². The lowest BCUT2D eigenvalue weighted by molar-refractivity contribution is -0.223. The van der Waals surface area contributed by atoms with Gasteiger partial charge in [0.15, 0.2) is 0 Å². The Hall–Kier alpha value is -2.12. The Kier molecular flexibility index (Phi) is 2.55. The second-order valence-electron chi connectivity index (χ2n) is 6.81. The Bertz CT molecular complexity index is 580. The molecule has 1 saturated carbocycles. The molecule has 3 aliphatic rings. The Morgan fingerprint density at radius 2 is 0.955 bits per heavy atom. The molecule has 1 aliphatic carbocycles. The number of hydrogen-bond donors (Lipinski definition) is 0. The van der Waals surface area contributed by atoms with Crippen LogP contribution in [0, 0.1) is 10.8 Å². The molecule has 0 aromatic carbocycles. The first-order chi connectivity index (χ1) is 10.0. The van der Waals surface area contributed by atoms with Gasteiger partial charge in [-0.15, -0.1) is 0 Å². The maximum atomic E-state index is 12.8. The van der Waals surface area contributed by atoms with Gasteiger partial charge in [0.2, 0.25) is 11.8 Å². The molecule has 0 radical (unpaired) electrons. The molecule has 0 spiro atoms. The van der Waals surface area contributed by atoms with Crippen molar-refractivity contribution in [1.29, 1.82) is 0 Å². The third kappa shape index (κ3) is 1.14. The van der Waals surface area contributed by atoms with Crippen molar-refractivity contribution in [2.45, 2.75) is 25.9 Å². The summed E-state index contributed by atoms with van der Waals surface area (Å²) in [5.41, 5.74) is -2.09. The maximum Gasteiger partial charge on any atom is 0.326 e. The van der Waals surface area contributed by atoms with E-state index in [2.05, 4.69) is 0 Å². The molecule has 0 aromatic heterocycles. The molecule has 8 heteroatoms. The summed E-state index contributed by atoms with van der Waals surface area (Å²) < 4.78 is 0. The zero-order valence-corrected chi connectivity index (χ0v) is 13.6. The van der Waals surface area contributed by atoms with Gasteiger partial charge in [-0.25, -0.2) is 9.59 Å². The molecule has 22 heavy (non-hydrogen) atoms. The first kappa shape index (κ1) is 14.8. The number of urea groups is 2. The van der Waals surface area contributed by atoms with E-state index in [4.69, 9.17) is 0 Å². The summed E-state index contributed by atoms with van der Waals surface area (Å²) in [7, 11) is 6.06. The molecule has 2 saturated heterocycles. The Morgan fingerprint density at radius 3 is 1.23 bits per heavy atom. The highest BCUT2D eigenvalue weighted by Gasteiger charge is 2.81. The highest BCUT2D eigenvalue weighted by Crippen LogP contribution is 2.64. The zero-order chi connectivity index (χ0) is 16.8. The minimum absolute atomic E-state index is 0.371. The van der Waals surface area contributed by atoms with E-state index in [1.54, 1.807) is 27.9 Å². The predicted octanol–water partition coefficient (Wildman–Crippen LogP) is -0.203. The van der Waals surface area contributed by atoms with Crippen LogP contribution in [0.1, 0.15) is 13.8 Å². The summed E-state index contributed by atoms with van der Waals surface area (Å²) in [5.74, 6) is -0.743. The molecule has 4 atom stereocenters. The summed E-state index contributed by atoms with van der Waals surface area (Å²) in [5, 5.41) is 0. The van der Waals surface area contributed by atoms with Crippen molar-refractivity contribution in [1.82, 2.24) is 19.6 Å². The van der Waals surface area contributed by atoms with E-state index >= 15 is 0 Å². The van der Waals surface area contributed by atoms with Crippen LogP contribution in [0.3, 0.4) is 0 Å². The zero-order valence-electron chi connectivity index (χ0n) is 13.6. The molecular formula is C14H20N4O4. The molecule has 3 rings (SSSR count). The molecule has 120 valence electrons. The van der Waals surface area contributed by atoms with Gasteiger partial charge >= 0.3 is 12.1 Å². The third-order valence-corrected chi connectivity index (χ3v) is 6.07. The fourth-order valence-electron chi connectivity index (χ4n) is 4.63. The van der Waals surface area contributed by atoms with Crippen LogP contribution in [0.2, 0.25) is 0 Å². The normalized spacial score (nSPS) is 41.5. The number of carbonyl (C=O) groups is 4. The lowest BCUT2D eigenvalue weighted by Crippen LogP contribution is -2.90. The number of hydrogen-bond acceptors (Lipinski definition) is 4. The summed E-state index contributed by atoms with van der Waals surface area (Å²) in [6.45, 7) is 3.43. The number of likely N-dealkylation sites (N-methyl/N-ethyl adjacent to an activating group) is 2. The maximum absolute atomic E-state index is 12.8. The van der Waals surface area contributed by atoms with Gasteiger partial charge in [-0.2, -0.15) is 0 Å². The molecular weight excluding hydrogens is 288 g/mol. The molecule has 2 aliphatic heterocycles. The van der Waals surface area contributed by atoms with Gasteiger partial charge in [-0.3, -0.25) is 19.4 Å². The third-order valence-electron chi connectivity index (χ3n) is 6.07. The fourth-order valence-corrected chi connectivity index (χ4v) is 4.63. The van der Waals surface area contributed by atoms with Crippen LogP contribution in [0.4, 0.5) is 9.59 Å². The van der Waals surface area contributed by atoms with E-state index in [9.17, 15) is 19.2 Å². The van der Waals surface area contributed by atoms with Crippen molar-refractivity contribution in [3.8, 4) is 0 Å². The van der Waals surface area contributed by atoms with Gasteiger partial charge < -0.3 is 9.80 Å². The number of amides is 6. The lowest BCUT2D eigenvalue weighted by Gasteiger charge is -2.72. The van der Waals surface area contributed by atoms with Crippen LogP contribution in [0.5, 0.6) is 0 Å². The molecule has 0 bridgehead atoms. The van der Waals surface area contributed by atoms with Crippen LogP contribution >= 0.6 is 0 Å². The van der Waals surface area contributed by atoms with Crippen molar-refractivity contribution in [3.63, 3.8) is 0 Å². The number of carbonyl (C=O) groups excluding carboxylic acids is 4. The molecule has 6 amide bonds. The highest BCUT2D eigenvalue weighted by molar-refractivity contribution is 6.10. The minimum atomic E-state index is -1.05. The molecule has 0 unspecified atom stereocenters. The van der Waals surface area contributed by atoms with Crippen molar-refractivity contribution in [3.05, 3.63) is 0 Å². The second-order valence-corrected chi connectivity index (χ2v) is 6.81. The van der Waals surface area contributed by atoms with Crippen molar-refractivity contribution in [2.24, 2.45) is 10.8 Å². The summed E-state index contributed by atoms with van der Waals surface area (Å²) >= 11 is 0. The largest absolute Gasteiger partial charge is 0.326 e. The molecule has 3 fully saturated rings. The van der Waals surface area contributed by atoms with E-state index in [1.165, 1.54) is 23.9 Å². The highest BCUT2D eigenvalue weighted by atomic mass is 16.2. The standard InChI is InChI=1S/C14H20N4O4/c1-13-7(15(3)11(21)17(5)9(13)19)8-14(13,2)10(20)18(6)12(22)16(8)4/h7-8H,1-6H3/t7-,8-,13+,14+/m1/s1. The fraction of sp³-hybridized carbons (Fsp3) is 0.714. The average molecular weight is 308 g/mol. The minimum Gasteiger partial charge on any atom is -0.321 e. The SMILES string of the molecule is CN1C(=O)N(C)[C@@H]2[C@H]3N(C)C(=O)N(C)C(=O)[C@@]3(C)[C@]2(C)C1=O. The molecule has 0 aromatic rings. The van der Waals surface area contributed by atoms with Gasteiger partial charge in [0, 0.05) is 28.2 Å². The second kappa shape index (κ2) is 3.80. The summed E-state index contributed by atoms with van der Waals surface area (Å²) in [4.78, 5) is 55.0. The van der Waals surface area contributed by atoms with Gasteiger partial charge in [0.05, 0.1) is 22.9 Å². The van der Waals surface area contributed by atoms with Gasteiger partial charge in [0.1, 0.15) is 0 Å². The molecule has 0 N–H and O–H groups in total. The van der Waals surface area contributed by atoms with E-state index < -0.39 is 35.0 Å².